The molecule has 0 saturated carbocycles. The Labute approximate surface area is 235 Å². The van der Waals surface area contributed by atoms with Gasteiger partial charge in [-0.3, -0.25) is 9.78 Å². The van der Waals surface area contributed by atoms with Gasteiger partial charge in [-0.2, -0.15) is 0 Å². The highest BCUT2D eigenvalue weighted by atomic mass is 35.5. The molecular formula is C30H25Cl2N3O4. The topological polar surface area (TPSA) is 91.8 Å². The van der Waals surface area contributed by atoms with E-state index >= 15 is 0 Å². The molecule has 3 heterocycles. The number of carboxylic acids is 1. The van der Waals surface area contributed by atoms with Gasteiger partial charge in [-0.25, -0.2) is 4.79 Å². The summed E-state index contributed by atoms with van der Waals surface area (Å²) in [5.41, 5.74) is 4.02. The molecule has 2 atom stereocenters. The summed E-state index contributed by atoms with van der Waals surface area (Å²) < 4.78 is 5.76. The van der Waals surface area contributed by atoms with Crippen LogP contribution in [-0.2, 0) is 4.79 Å². The van der Waals surface area contributed by atoms with E-state index in [1.165, 1.54) is 0 Å². The lowest BCUT2D eigenvalue weighted by molar-refractivity contribution is -0.138. The molecule has 3 aromatic carbocycles. The molecular weight excluding hydrogens is 537 g/mol. The average Bonchev–Trinajstić information content (AvgIpc) is 3.42. The van der Waals surface area contributed by atoms with Crippen molar-refractivity contribution in [2.75, 3.05) is 18.1 Å². The van der Waals surface area contributed by atoms with Crippen LogP contribution in [0.4, 0.5) is 5.69 Å². The van der Waals surface area contributed by atoms with Crippen molar-refractivity contribution in [3.63, 3.8) is 0 Å². The molecule has 0 aliphatic carbocycles. The minimum Gasteiger partial charge on any atom is -0.493 e. The number of nitrogens with one attached hydrogen (secondary N) is 1. The van der Waals surface area contributed by atoms with Crippen molar-refractivity contribution in [3.05, 3.63) is 88.0 Å². The molecule has 0 radical (unpaired) electrons. The standard InChI is InChI=1S/C30H25Cl2N3O4/c31-18-13-17(14-19(32)15-18)20-6-3-7-22-27(20)33-16-23(28(22)35-11-4-8-25(35)30(37)38)29(36)34-24-10-12-39-26-9-2-1-5-21(24)26/h1-3,5-7,9,13-16,24-25H,4,8,10-12H2,(H,34,36)(H,37,38)/t24-,25-/m0/s1. The summed E-state index contributed by atoms with van der Waals surface area (Å²) in [4.78, 5) is 32.6. The van der Waals surface area contributed by atoms with Gasteiger partial charge in [0.2, 0.25) is 0 Å². The van der Waals surface area contributed by atoms with Crippen LogP contribution in [-0.4, -0.2) is 41.2 Å². The molecule has 1 amide bonds. The van der Waals surface area contributed by atoms with Crippen LogP contribution in [0.15, 0.2) is 66.9 Å². The van der Waals surface area contributed by atoms with Crippen LogP contribution in [0.5, 0.6) is 5.75 Å². The van der Waals surface area contributed by atoms with Crippen LogP contribution in [0.3, 0.4) is 0 Å². The normalized spacial score (nSPS) is 18.5. The van der Waals surface area contributed by atoms with E-state index in [0.29, 0.717) is 64.6 Å². The Morgan fingerprint density at radius 2 is 1.82 bits per heavy atom. The van der Waals surface area contributed by atoms with E-state index in [4.69, 9.17) is 32.9 Å². The van der Waals surface area contributed by atoms with Crippen molar-refractivity contribution in [2.24, 2.45) is 0 Å². The molecule has 2 aliphatic rings. The SMILES string of the molecule is O=C(N[C@H]1CCOc2ccccc21)c1cnc2c(-c3cc(Cl)cc(Cl)c3)cccc2c1N1CCC[C@H]1C(=O)O. The number of amides is 1. The van der Waals surface area contributed by atoms with Crippen LogP contribution >= 0.6 is 23.2 Å². The first-order valence-corrected chi connectivity index (χ1v) is 13.6. The first-order chi connectivity index (χ1) is 18.9. The van der Waals surface area contributed by atoms with Crippen LogP contribution < -0.4 is 15.0 Å². The number of aliphatic carboxylic acids is 1. The van der Waals surface area contributed by atoms with Gasteiger partial charge in [0.25, 0.3) is 5.91 Å². The molecule has 4 aromatic rings. The molecule has 0 bridgehead atoms. The van der Waals surface area contributed by atoms with Crippen LogP contribution in [0, 0.1) is 0 Å². The lowest BCUT2D eigenvalue weighted by Gasteiger charge is -2.29. The number of ether oxygens (including phenoxy) is 1. The molecule has 9 heteroatoms. The van der Waals surface area contributed by atoms with Gasteiger partial charge in [0, 0.05) is 45.7 Å². The number of para-hydroxylation sites is 2. The maximum Gasteiger partial charge on any atom is 0.326 e. The van der Waals surface area contributed by atoms with E-state index in [1.807, 2.05) is 59.5 Å². The quantitative estimate of drug-likeness (QED) is 0.288. The Kier molecular flexibility index (Phi) is 6.79. The highest BCUT2D eigenvalue weighted by Crippen LogP contribution is 2.40. The minimum atomic E-state index is -0.917. The number of pyridine rings is 1. The van der Waals surface area contributed by atoms with E-state index in [0.717, 1.165) is 22.4 Å². The number of carbonyl (C=O) groups excluding carboxylic acids is 1. The Morgan fingerprint density at radius 3 is 2.62 bits per heavy atom. The second-order valence-electron chi connectivity index (χ2n) is 9.77. The number of nitrogens with zero attached hydrogens (tertiary/aromatic N) is 2. The molecule has 0 unspecified atom stereocenters. The molecule has 2 aliphatic heterocycles. The number of anilines is 1. The fourth-order valence-corrected chi connectivity index (χ4v) is 6.17. The van der Waals surface area contributed by atoms with Crippen LogP contribution in [0.2, 0.25) is 10.0 Å². The molecule has 1 fully saturated rings. The summed E-state index contributed by atoms with van der Waals surface area (Å²) in [5.74, 6) is -0.477. The van der Waals surface area contributed by atoms with Crippen molar-refractivity contribution in [2.45, 2.75) is 31.3 Å². The Balaban J connectivity index is 1.49. The third kappa shape index (κ3) is 4.77. The summed E-state index contributed by atoms with van der Waals surface area (Å²) in [6.45, 7) is 1.01. The van der Waals surface area contributed by atoms with Gasteiger partial charge in [-0.15, -0.1) is 0 Å². The highest BCUT2D eigenvalue weighted by Gasteiger charge is 2.35. The van der Waals surface area contributed by atoms with E-state index in [-0.39, 0.29) is 11.9 Å². The highest BCUT2D eigenvalue weighted by molar-refractivity contribution is 6.35. The number of halogens is 2. The second kappa shape index (κ2) is 10.4. The van der Waals surface area contributed by atoms with E-state index in [2.05, 4.69) is 5.32 Å². The molecule has 1 aromatic heterocycles. The number of carbonyl (C=O) groups is 2. The summed E-state index contributed by atoms with van der Waals surface area (Å²) in [6.07, 6.45) is 3.38. The smallest absolute Gasteiger partial charge is 0.326 e. The summed E-state index contributed by atoms with van der Waals surface area (Å²) in [7, 11) is 0. The maximum absolute atomic E-state index is 13.9. The molecule has 198 valence electrons. The van der Waals surface area contributed by atoms with Gasteiger partial charge >= 0.3 is 5.97 Å². The predicted molar refractivity (Wildman–Crippen MR) is 152 cm³/mol. The van der Waals surface area contributed by atoms with E-state index < -0.39 is 12.0 Å². The molecule has 7 nitrogen and oxygen atoms in total. The number of fused-ring (bicyclic) bond motifs is 2. The number of hydrogen-bond donors (Lipinski definition) is 2. The van der Waals surface area contributed by atoms with Crippen molar-refractivity contribution in [1.29, 1.82) is 0 Å². The van der Waals surface area contributed by atoms with E-state index in [1.54, 1.807) is 12.3 Å². The molecule has 6 rings (SSSR count). The van der Waals surface area contributed by atoms with Crippen molar-refractivity contribution in [3.8, 4) is 16.9 Å². The average molecular weight is 562 g/mol. The maximum atomic E-state index is 13.9. The van der Waals surface area contributed by atoms with Gasteiger partial charge in [0.05, 0.1) is 29.4 Å². The predicted octanol–water partition coefficient (Wildman–Crippen LogP) is 6.52. The fraction of sp³-hybridized carbons (Fsp3) is 0.233. The number of hydrogen-bond acceptors (Lipinski definition) is 5. The molecule has 1 saturated heterocycles. The largest absolute Gasteiger partial charge is 0.493 e. The van der Waals surface area contributed by atoms with Crippen molar-refractivity contribution < 1.29 is 19.4 Å². The number of rotatable bonds is 5. The van der Waals surface area contributed by atoms with Gasteiger partial charge in [0.15, 0.2) is 0 Å². The lowest BCUT2D eigenvalue weighted by atomic mass is 9.97. The zero-order chi connectivity index (χ0) is 27.1. The molecule has 0 spiro atoms. The number of carboxylic acid groups (broad SMARTS) is 1. The van der Waals surface area contributed by atoms with Crippen molar-refractivity contribution >= 4 is 51.7 Å². The van der Waals surface area contributed by atoms with Crippen molar-refractivity contribution in [1.82, 2.24) is 10.3 Å². The first kappa shape index (κ1) is 25.5. The number of aromatic nitrogens is 1. The zero-order valence-electron chi connectivity index (χ0n) is 20.9. The monoisotopic (exact) mass is 561 g/mol. The Hall–Kier alpha value is -3.81. The molecule has 39 heavy (non-hydrogen) atoms. The van der Waals surface area contributed by atoms with Crippen LogP contribution in [0.25, 0.3) is 22.0 Å². The van der Waals surface area contributed by atoms with Gasteiger partial charge in [-0.1, -0.05) is 59.6 Å². The van der Waals surface area contributed by atoms with Crippen LogP contribution in [0.1, 0.15) is 41.2 Å². The van der Waals surface area contributed by atoms with Gasteiger partial charge < -0.3 is 20.1 Å². The van der Waals surface area contributed by atoms with E-state index in [9.17, 15) is 14.7 Å². The Morgan fingerprint density at radius 1 is 1.03 bits per heavy atom. The summed E-state index contributed by atoms with van der Waals surface area (Å²) >= 11 is 12.6. The summed E-state index contributed by atoms with van der Waals surface area (Å²) in [6, 6.07) is 17.6. The fourth-order valence-electron chi connectivity index (χ4n) is 5.65. The zero-order valence-corrected chi connectivity index (χ0v) is 22.4. The molecule has 2 N–H and O–H groups in total. The Bertz CT molecular complexity index is 1590. The third-order valence-electron chi connectivity index (χ3n) is 7.38. The minimum absolute atomic E-state index is 0.236. The van der Waals surface area contributed by atoms with Gasteiger partial charge in [0.1, 0.15) is 11.8 Å². The summed E-state index contributed by atoms with van der Waals surface area (Å²) in [5, 5.41) is 14.8. The first-order valence-electron chi connectivity index (χ1n) is 12.8. The second-order valence-corrected chi connectivity index (χ2v) is 10.6. The third-order valence-corrected chi connectivity index (χ3v) is 7.81. The number of benzene rings is 3. The lowest BCUT2D eigenvalue weighted by Crippen LogP contribution is -2.38. The van der Waals surface area contributed by atoms with Gasteiger partial charge in [-0.05, 0) is 42.7 Å².